The Morgan fingerprint density at radius 3 is 2.94 bits per heavy atom. The van der Waals surface area contributed by atoms with Crippen molar-refractivity contribution in [3.63, 3.8) is 0 Å². The van der Waals surface area contributed by atoms with E-state index in [1.54, 1.807) is 30.6 Å². The minimum absolute atomic E-state index is 0.0358. The maximum absolute atomic E-state index is 13.4. The number of hydrogen-bond acceptors (Lipinski definition) is 7. The lowest BCUT2D eigenvalue weighted by Gasteiger charge is -2.25. The first kappa shape index (κ1) is 22.2. The molecule has 9 heteroatoms. The van der Waals surface area contributed by atoms with Crippen LogP contribution in [0.4, 0.5) is 10.1 Å². The molecule has 0 radical (unpaired) electrons. The van der Waals surface area contributed by atoms with Crippen LogP contribution >= 0.6 is 11.6 Å². The number of fused-ring (bicyclic) bond motifs is 1. The van der Waals surface area contributed by atoms with E-state index in [4.69, 9.17) is 21.1 Å². The lowest BCUT2D eigenvalue weighted by molar-refractivity contribution is 0.306. The van der Waals surface area contributed by atoms with E-state index >= 15 is 0 Å². The van der Waals surface area contributed by atoms with E-state index in [-0.39, 0.29) is 24.4 Å². The van der Waals surface area contributed by atoms with Gasteiger partial charge in [-0.15, -0.1) is 0 Å². The van der Waals surface area contributed by atoms with E-state index in [2.05, 4.69) is 37.8 Å². The minimum Gasteiger partial charge on any atom is -0.487 e. The zero-order chi connectivity index (χ0) is 23.3. The highest BCUT2D eigenvalue weighted by Crippen LogP contribution is 2.30. The summed E-state index contributed by atoms with van der Waals surface area (Å²) in [5.41, 5.74) is 2.45. The SMILES string of the molecule is Fc1cccc(COc2ccc(NC3=NC=NC4C=CC(NC5=NCCO5)=CCC34)cc2Cl)c1. The van der Waals surface area contributed by atoms with E-state index in [1.165, 1.54) is 12.1 Å². The molecule has 0 amide bonds. The molecule has 7 nitrogen and oxygen atoms in total. The molecule has 0 saturated heterocycles. The van der Waals surface area contributed by atoms with Gasteiger partial charge in [0, 0.05) is 17.3 Å². The summed E-state index contributed by atoms with van der Waals surface area (Å²) in [6.07, 6.45) is 8.46. The first-order valence-electron chi connectivity index (χ1n) is 11.0. The molecular formula is C25H23ClFN5O2. The van der Waals surface area contributed by atoms with Crippen LogP contribution in [0.25, 0.3) is 0 Å². The highest BCUT2D eigenvalue weighted by Gasteiger charge is 2.28. The highest BCUT2D eigenvalue weighted by molar-refractivity contribution is 6.32. The predicted molar refractivity (Wildman–Crippen MR) is 132 cm³/mol. The number of benzene rings is 2. The van der Waals surface area contributed by atoms with Gasteiger partial charge in [-0.25, -0.2) is 14.4 Å². The summed E-state index contributed by atoms with van der Waals surface area (Å²) in [6.45, 7) is 1.50. The lowest BCUT2D eigenvalue weighted by atomic mass is 9.94. The minimum atomic E-state index is -0.298. The number of nitrogens with one attached hydrogen (secondary N) is 2. The Labute approximate surface area is 201 Å². The van der Waals surface area contributed by atoms with E-state index in [1.807, 2.05) is 12.1 Å². The van der Waals surface area contributed by atoms with Crippen LogP contribution in [-0.4, -0.2) is 37.4 Å². The highest BCUT2D eigenvalue weighted by atomic mass is 35.5. The van der Waals surface area contributed by atoms with Gasteiger partial charge in [0.1, 0.15) is 37.0 Å². The molecule has 5 rings (SSSR count). The second-order valence-electron chi connectivity index (χ2n) is 7.98. The van der Waals surface area contributed by atoms with Gasteiger partial charge in [0.05, 0.1) is 17.6 Å². The fourth-order valence-electron chi connectivity index (χ4n) is 3.88. The van der Waals surface area contributed by atoms with Crippen molar-refractivity contribution in [2.45, 2.75) is 19.1 Å². The Hall–Kier alpha value is -3.65. The van der Waals surface area contributed by atoms with Crippen LogP contribution in [-0.2, 0) is 11.3 Å². The van der Waals surface area contributed by atoms with Crippen molar-refractivity contribution in [2.24, 2.45) is 20.9 Å². The Morgan fingerprint density at radius 2 is 2.12 bits per heavy atom. The fourth-order valence-corrected chi connectivity index (χ4v) is 4.11. The molecule has 174 valence electrons. The van der Waals surface area contributed by atoms with Gasteiger partial charge in [0.2, 0.25) is 0 Å². The summed E-state index contributed by atoms with van der Waals surface area (Å²) in [4.78, 5) is 13.3. The molecule has 0 bridgehead atoms. The van der Waals surface area contributed by atoms with Crippen LogP contribution in [0.15, 0.2) is 81.4 Å². The van der Waals surface area contributed by atoms with E-state index in [0.29, 0.717) is 29.9 Å². The zero-order valence-corrected chi connectivity index (χ0v) is 19.0. The Morgan fingerprint density at radius 1 is 1.18 bits per heavy atom. The van der Waals surface area contributed by atoms with Gasteiger partial charge >= 0.3 is 0 Å². The van der Waals surface area contributed by atoms with Gasteiger partial charge in [-0.05, 0) is 48.4 Å². The van der Waals surface area contributed by atoms with Crippen molar-refractivity contribution in [3.8, 4) is 5.75 Å². The Kier molecular flexibility index (Phi) is 6.58. The monoisotopic (exact) mass is 479 g/mol. The smallest absolute Gasteiger partial charge is 0.289 e. The summed E-state index contributed by atoms with van der Waals surface area (Å²) >= 11 is 6.45. The quantitative estimate of drug-likeness (QED) is 0.650. The average Bonchev–Trinajstić information content (AvgIpc) is 3.25. The third kappa shape index (κ3) is 5.28. The van der Waals surface area contributed by atoms with Gasteiger partial charge in [-0.3, -0.25) is 4.99 Å². The molecule has 0 spiro atoms. The van der Waals surface area contributed by atoms with Gasteiger partial charge in [-0.1, -0.05) is 35.9 Å². The van der Waals surface area contributed by atoms with Gasteiger partial charge < -0.3 is 20.1 Å². The van der Waals surface area contributed by atoms with Crippen LogP contribution in [0.2, 0.25) is 5.02 Å². The van der Waals surface area contributed by atoms with Crippen molar-refractivity contribution < 1.29 is 13.9 Å². The lowest BCUT2D eigenvalue weighted by Crippen LogP contribution is -2.33. The summed E-state index contributed by atoms with van der Waals surface area (Å²) in [5, 5.41) is 7.04. The van der Waals surface area contributed by atoms with Crippen molar-refractivity contribution in [1.82, 2.24) is 5.32 Å². The third-order valence-electron chi connectivity index (χ3n) is 5.59. The molecule has 2 unspecified atom stereocenters. The van der Waals surface area contributed by atoms with Crippen LogP contribution in [0.3, 0.4) is 0 Å². The maximum Gasteiger partial charge on any atom is 0.289 e. The summed E-state index contributed by atoms with van der Waals surface area (Å²) < 4.78 is 24.6. The molecule has 2 aliphatic heterocycles. The molecule has 3 aliphatic rings. The largest absolute Gasteiger partial charge is 0.487 e. The number of halogens is 2. The van der Waals surface area contributed by atoms with Crippen LogP contribution in [0.1, 0.15) is 12.0 Å². The number of ether oxygens (including phenoxy) is 2. The van der Waals surface area contributed by atoms with Gasteiger partial charge in [0.15, 0.2) is 0 Å². The molecule has 2 aromatic rings. The van der Waals surface area contributed by atoms with Crippen LogP contribution < -0.4 is 15.4 Å². The van der Waals surface area contributed by atoms with Crippen molar-refractivity contribution in [1.29, 1.82) is 0 Å². The summed E-state index contributed by atoms with van der Waals surface area (Å²) in [7, 11) is 0. The Bertz CT molecular complexity index is 1220. The van der Waals surface area contributed by atoms with Gasteiger partial charge in [0.25, 0.3) is 6.02 Å². The molecule has 2 N–H and O–H groups in total. The fraction of sp³-hybridized carbons (Fsp3) is 0.240. The molecule has 0 saturated carbocycles. The number of hydrogen-bond donors (Lipinski definition) is 2. The molecule has 2 atom stereocenters. The molecule has 1 aliphatic carbocycles. The summed E-state index contributed by atoms with van der Waals surface area (Å²) in [5.74, 6) is 1.08. The average molecular weight is 480 g/mol. The van der Waals surface area contributed by atoms with E-state index in [9.17, 15) is 4.39 Å². The van der Waals surface area contributed by atoms with Gasteiger partial charge in [-0.2, -0.15) is 0 Å². The predicted octanol–water partition coefficient (Wildman–Crippen LogP) is 4.71. The van der Waals surface area contributed by atoms with Crippen molar-refractivity contribution >= 4 is 35.5 Å². The number of nitrogens with zero attached hydrogens (tertiary/aromatic N) is 3. The molecular weight excluding hydrogens is 457 g/mol. The normalized spacial score (nSPS) is 20.9. The molecule has 34 heavy (non-hydrogen) atoms. The van der Waals surface area contributed by atoms with Crippen molar-refractivity contribution in [2.75, 3.05) is 18.5 Å². The topological polar surface area (TPSA) is 79.6 Å². The van der Waals surface area contributed by atoms with Crippen LogP contribution in [0.5, 0.6) is 5.75 Å². The molecule has 2 aromatic carbocycles. The standard InChI is InChI=1S/C25H23ClFN5O2/c26-21-13-19(6-9-23(21)34-14-16-2-1-3-17(27)12-16)31-24-20-7-4-18(32-25-28-10-11-33-25)5-8-22(20)29-15-30-24/h1-6,8-9,12-13,15,20,22H,7,10-11,14H2,(H,28,32)(H,29,30,31). The van der Waals surface area contributed by atoms with Crippen LogP contribution in [0, 0.1) is 11.7 Å². The second kappa shape index (κ2) is 10.1. The number of aliphatic imine (C=N–C) groups is 3. The molecule has 2 heterocycles. The first-order chi connectivity index (χ1) is 16.6. The van der Waals surface area contributed by atoms with E-state index < -0.39 is 0 Å². The van der Waals surface area contributed by atoms with Crippen molar-refractivity contribution in [3.05, 3.63) is 82.8 Å². The molecule has 0 fully saturated rings. The zero-order valence-electron chi connectivity index (χ0n) is 18.2. The maximum atomic E-state index is 13.4. The second-order valence-corrected chi connectivity index (χ2v) is 8.39. The Balaban J connectivity index is 1.24. The number of amidine groups is 2. The first-order valence-corrected chi connectivity index (χ1v) is 11.4. The number of anilines is 1. The molecule has 0 aromatic heterocycles. The number of rotatable bonds is 5. The third-order valence-corrected chi connectivity index (χ3v) is 5.88. The summed E-state index contributed by atoms with van der Waals surface area (Å²) in [6, 6.07) is 12.3. The number of allylic oxidation sites excluding steroid dienone is 2. The van der Waals surface area contributed by atoms with E-state index in [0.717, 1.165) is 29.2 Å².